The summed E-state index contributed by atoms with van der Waals surface area (Å²) in [6.07, 6.45) is 8.14. The molecule has 0 aromatic heterocycles. The molecule has 6 nitrogen and oxygen atoms in total. The Morgan fingerprint density at radius 2 is 1.64 bits per heavy atom. The molecule has 2 saturated heterocycles. The van der Waals surface area contributed by atoms with E-state index in [1.807, 2.05) is 12.2 Å². The number of amides is 3. The molecule has 6 heteroatoms. The lowest BCUT2D eigenvalue weighted by atomic mass is 9.85. The topological polar surface area (TPSA) is 66.9 Å². The van der Waals surface area contributed by atoms with Crippen LogP contribution in [0.2, 0.25) is 0 Å². The fourth-order valence-electron chi connectivity index (χ4n) is 4.36. The third-order valence-corrected chi connectivity index (χ3v) is 5.46. The van der Waals surface area contributed by atoms with E-state index in [1.54, 1.807) is 4.90 Å². The van der Waals surface area contributed by atoms with Crippen LogP contribution < -0.4 is 0 Å². The number of nitrogens with zero attached hydrogens (tertiary/aromatic N) is 2. The Morgan fingerprint density at radius 3 is 2.23 bits per heavy atom. The molecule has 0 aromatic rings. The second-order valence-corrected chi connectivity index (χ2v) is 6.69. The molecule has 4 atom stereocenters. The van der Waals surface area contributed by atoms with Crippen molar-refractivity contribution in [3.63, 3.8) is 0 Å². The molecular weight excluding hydrogens is 284 g/mol. The summed E-state index contributed by atoms with van der Waals surface area (Å²) in [6.45, 7) is 1.26. The molecule has 2 heterocycles. The van der Waals surface area contributed by atoms with Crippen molar-refractivity contribution in [3.8, 4) is 0 Å². The number of piperidine rings is 1. The van der Waals surface area contributed by atoms with Gasteiger partial charge in [-0.25, -0.2) is 0 Å². The lowest BCUT2D eigenvalue weighted by Gasteiger charge is -2.27. The molecule has 2 bridgehead atoms. The quantitative estimate of drug-likeness (QED) is 0.570. The van der Waals surface area contributed by atoms with E-state index in [2.05, 4.69) is 0 Å². The van der Waals surface area contributed by atoms with Gasteiger partial charge >= 0.3 is 0 Å². The van der Waals surface area contributed by atoms with Gasteiger partial charge in [0, 0.05) is 13.1 Å². The molecule has 0 unspecified atom stereocenters. The van der Waals surface area contributed by atoms with Gasteiger partial charge < -0.3 is 4.90 Å². The molecule has 22 heavy (non-hydrogen) atoms. The van der Waals surface area contributed by atoms with Gasteiger partial charge in [-0.15, -0.1) is 0 Å². The first-order valence-electron chi connectivity index (χ1n) is 8.13. The first kappa shape index (κ1) is 13.9. The summed E-state index contributed by atoms with van der Waals surface area (Å²) in [4.78, 5) is 44.0. The SMILES string of the molecule is O=C(CON1C(=O)[C@@H]2[C@H](C1=O)[C@H]1C=C[C@H]2C1)N1CCCCC1. The van der Waals surface area contributed by atoms with Crippen molar-refractivity contribution in [3.05, 3.63) is 12.2 Å². The minimum absolute atomic E-state index is 0.140. The van der Waals surface area contributed by atoms with Gasteiger partial charge in [0.2, 0.25) is 0 Å². The zero-order valence-electron chi connectivity index (χ0n) is 12.4. The number of hydrogen-bond acceptors (Lipinski definition) is 4. The molecular formula is C16H20N2O4. The minimum atomic E-state index is -0.271. The Bertz CT molecular complexity index is 522. The van der Waals surface area contributed by atoms with Crippen molar-refractivity contribution in [2.75, 3.05) is 19.7 Å². The number of rotatable bonds is 3. The van der Waals surface area contributed by atoms with Crippen LogP contribution in [0.15, 0.2) is 12.2 Å². The maximum Gasteiger partial charge on any atom is 0.258 e. The summed E-state index contributed by atoms with van der Waals surface area (Å²) < 4.78 is 0. The minimum Gasteiger partial charge on any atom is -0.341 e. The van der Waals surface area contributed by atoms with Gasteiger partial charge in [-0.1, -0.05) is 12.2 Å². The van der Waals surface area contributed by atoms with Crippen LogP contribution in [-0.4, -0.2) is 47.4 Å². The van der Waals surface area contributed by atoms with Crippen LogP contribution in [0.3, 0.4) is 0 Å². The van der Waals surface area contributed by atoms with Crippen LogP contribution >= 0.6 is 0 Å². The van der Waals surface area contributed by atoms with Gasteiger partial charge in [0.05, 0.1) is 11.8 Å². The van der Waals surface area contributed by atoms with Crippen LogP contribution in [0.4, 0.5) is 0 Å². The number of allylic oxidation sites excluding steroid dienone is 2. The standard InChI is InChI=1S/C16H20N2O4/c19-12(17-6-2-1-3-7-17)9-22-18-15(20)13-10-4-5-11(8-10)14(13)16(18)21/h4-5,10-11,13-14H,1-3,6-9H2/t10-,11-,13-,14+/m0/s1. The number of carbonyl (C=O) groups excluding carboxylic acids is 3. The van der Waals surface area contributed by atoms with Crippen molar-refractivity contribution in [2.45, 2.75) is 25.7 Å². The average Bonchev–Trinajstić information content (AvgIpc) is 3.21. The average molecular weight is 304 g/mol. The highest BCUT2D eigenvalue weighted by Gasteiger charge is 2.60. The zero-order valence-corrected chi connectivity index (χ0v) is 12.4. The highest BCUT2D eigenvalue weighted by atomic mass is 16.7. The van der Waals surface area contributed by atoms with E-state index in [4.69, 9.17) is 4.84 Å². The summed E-state index contributed by atoms with van der Waals surface area (Å²) in [5.41, 5.74) is 0. The number of imide groups is 1. The molecule has 0 spiro atoms. The van der Waals surface area contributed by atoms with E-state index in [0.29, 0.717) is 0 Å². The molecule has 3 fully saturated rings. The highest BCUT2D eigenvalue weighted by molar-refractivity contribution is 6.05. The molecule has 0 radical (unpaired) electrons. The van der Waals surface area contributed by atoms with Gasteiger partial charge in [-0.2, -0.15) is 5.06 Å². The van der Waals surface area contributed by atoms with Crippen molar-refractivity contribution in [2.24, 2.45) is 23.7 Å². The van der Waals surface area contributed by atoms with E-state index < -0.39 is 0 Å². The Kier molecular flexibility index (Phi) is 3.29. The highest BCUT2D eigenvalue weighted by Crippen LogP contribution is 2.52. The van der Waals surface area contributed by atoms with E-state index in [0.717, 1.165) is 43.8 Å². The second-order valence-electron chi connectivity index (χ2n) is 6.69. The van der Waals surface area contributed by atoms with Crippen molar-refractivity contribution >= 4 is 17.7 Å². The number of hydrogen-bond donors (Lipinski definition) is 0. The summed E-state index contributed by atoms with van der Waals surface area (Å²) in [5.74, 6) is -0.883. The number of likely N-dealkylation sites (tertiary alicyclic amines) is 1. The van der Waals surface area contributed by atoms with Crippen LogP contribution in [0.1, 0.15) is 25.7 Å². The lowest BCUT2D eigenvalue weighted by molar-refractivity contribution is -0.193. The Hall–Kier alpha value is -1.69. The monoisotopic (exact) mass is 304 g/mol. The number of carbonyl (C=O) groups is 3. The normalized spacial score (nSPS) is 36.4. The molecule has 2 aliphatic heterocycles. The zero-order chi connectivity index (χ0) is 15.3. The fourth-order valence-corrected chi connectivity index (χ4v) is 4.36. The molecule has 118 valence electrons. The Balaban J connectivity index is 1.39. The third kappa shape index (κ3) is 2.00. The smallest absolute Gasteiger partial charge is 0.258 e. The van der Waals surface area contributed by atoms with Crippen LogP contribution in [-0.2, 0) is 19.2 Å². The maximum absolute atomic E-state index is 12.4. The first-order valence-corrected chi connectivity index (χ1v) is 8.13. The second kappa shape index (κ2) is 5.19. The van der Waals surface area contributed by atoms with Crippen molar-refractivity contribution < 1.29 is 19.2 Å². The van der Waals surface area contributed by atoms with Gasteiger partial charge in [-0.3, -0.25) is 19.2 Å². The van der Waals surface area contributed by atoms with Crippen molar-refractivity contribution in [1.82, 2.24) is 9.96 Å². The van der Waals surface area contributed by atoms with E-state index >= 15 is 0 Å². The van der Waals surface area contributed by atoms with Gasteiger partial charge in [0.1, 0.15) is 0 Å². The molecule has 3 amide bonds. The summed E-state index contributed by atoms with van der Waals surface area (Å²) in [5, 5.41) is 0.864. The predicted molar refractivity (Wildman–Crippen MR) is 76.0 cm³/mol. The third-order valence-electron chi connectivity index (χ3n) is 5.46. The lowest BCUT2D eigenvalue weighted by Crippen LogP contribution is -2.41. The maximum atomic E-state index is 12.4. The molecule has 4 aliphatic rings. The van der Waals surface area contributed by atoms with Crippen LogP contribution in [0.25, 0.3) is 0 Å². The number of hydroxylamine groups is 2. The summed E-state index contributed by atoms with van der Waals surface area (Å²) in [6, 6.07) is 0. The van der Waals surface area contributed by atoms with E-state index in [-0.39, 0.29) is 48.0 Å². The molecule has 0 aromatic carbocycles. The van der Waals surface area contributed by atoms with E-state index in [9.17, 15) is 14.4 Å². The van der Waals surface area contributed by atoms with Gasteiger partial charge in [0.25, 0.3) is 17.7 Å². The van der Waals surface area contributed by atoms with Crippen molar-refractivity contribution in [1.29, 1.82) is 0 Å². The molecule has 0 N–H and O–H groups in total. The summed E-state index contributed by atoms with van der Waals surface area (Å²) >= 11 is 0. The van der Waals surface area contributed by atoms with Gasteiger partial charge in [-0.05, 0) is 37.5 Å². The first-order chi connectivity index (χ1) is 10.7. The predicted octanol–water partition coefficient (Wildman–Crippen LogP) is 0.738. The largest absolute Gasteiger partial charge is 0.341 e. The Morgan fingerprint density at radius 1 is 1.05 bits per heavy atom. The Labute approximate surface area is 129 Å². The number of fused-ring (bicyclic) bond motifs is 5. The summed E-state index contributed by atoms with van der Waals surface area (Å²) in [7, 11) is 0. The van der Waals surface area contributed by atoms with Crippen LogP contribution in [0, 0.1) is 23.7 Å². The fraction of sp³-hybridized carbons (Fsp3) is 0.688. The van der Waals surface area contributed by atoms with E-state index in [1.165, 1.54) is 0 Å². The molecule has 4 rings (SSSR count). The molecule has 2 aliphatic carbocycles. The van der Waals surface area contributed by atoms with Gasteiger partial charge in [0.15, 0.2) is 6.61 Å². The molecule has 1 saturated carbocycles. The van der Waals surface area contributed by atoms with Crippen LogP contribution in [0.5, 0.6) is 0 Å².